The van der Waals surface area contributed by atoms with Gasteiger partial charge in [0.25, 0.3) is 0 Å². The lowest BCUT2D eigenvalue weighted by Gasteiger charge is -2.28. The van der Waals surface area contributed by atoms with Crippen LogP contribution in [0.5, 0.6) is 5.75 Å². The number of hydrogen-bond acceptors (Lipinski definition) is 4. The highest BCUT2D eigenvalue weighted by Crippen LogP contribution is 2.31. The molecular formula is C15H17NO4. The SMILES string of the molecule is CCC(=O)Oc1ccc2c(c1)C(=O)CCN2C(=O)CC. The van der Waals surface area contributed by atoms with E-state index in [1.165, 1.54) is 0 Å². The monoisotopic (exact) mass is 275 g/mol. The average Bonchev–Trinajstić information content (AvgIpc) is 2.47. The third kappa shape index (κ3) is 2.71. The van der Waals surface area contributed by atoms with Gasteiger partial charge in [-0.1, -0.05) is 13.8 Å². The van der Waals surface area contributed by atoms with Gasteiger partial charge >= 0.3 is 5.97 Å². The molecule has 1 amide bonds. The Morgan fingerprint density at radius 2 is 2.00 bits per heavy atom. The molecule has 20 heavy (non-hydrogen) atoms. The highest BCUT2D eigenvalue weighted by atomic mass is 16.5. The quantitative estimate of drug-likeness (QED) is 0.627. The molecule has 5 nitrogen and oxygen atoms in total. The van der Waals surface area contributed by atoms with E-state index in [4.69, 9.17) is 4.74 Å². The lowest BCUT2D eigenvalue weighted by Crippen LogP contribution is -2.36. The number of carbonyl (C=O) groups excluding carboxylic acids is 3. The van der Waals surface area contributed by atoms with Crippen LogP contribution in [0.4, 0.5) is 5.69 Å². The van der Waals surface area contributed by atoms with E-state index < -0.39 is 0 Å². The van der Waals surface area contributed by atoms with E-state index in [1.807, 2.05) is 0 Å². The van der Waals surface area contributed by atoms with Gasteiger partial charge in [0.1, 0.15) is 5.75 Å². The summed E-state index contributed by atoms with van der Waals surface area (Å²) in [5.41, 5.74) is 1.05. The highest BCUT2D eigenvalue weighted by molar-refractivity contribution is 6.09. The maximum atomic E-state index is 12.0. The second-order valence-electron chi connectivity index (χ2n) is 4.58. The summed E-state index contributed by atoms with van der Waals surface area (Å²) in [7, 11) is 0. The molecule has 0 spiro atoms. The molecule has 1 aliphatic heterocycles. The van der Waals surface area contributed by atoms with E-state index in [1.54, 1.807) is 36.9 Å². The first-order chi connectivity index (χ1) is 9.56. The van der Waals surface area contributed by atoms with Crippen molar-refractivity contribution in [3.63, 3.8) is 0 Å². The largest absolute Gasteiger partial charge is 0.427 e. The molecule has 0 unspecified atom stereocenters. The van der Waals surface area contributed by atoms with Crippen molar-refractivity contribution in [2.45, 2.75) is 33.1 Å². The van der Waals surface area contributed by atoms with Crippen molar-refractivity contribution >= 4 is 23.3 Å². The van der Waals surface area contributed by atoms with Crippen LogP contribution < -0.4 is 9.64 Å². The Morgan fingerprint density at radius 3 is 2.65 bits per heavy atom. The van der Waals surface area contributed by atoms with E-state index in [0.29, 0.717) is 36.4 Å². The van der Waals surface area contributed by atoms with Gasteiger partial charge in [0.15, 0.2) is 5.78 Å². The summed E-state index contributed by atoms with van der Waals surface area (Å²) in [5, 5.41) is 0. The van der Waals surface area contributed by atoms with E-state index >= 15 is 0 Å². The highest BCUT2D eigenvalue weighted by Gasteiger charge is 2.27. The van der Waals surface area contributed by atoms with Gasteiger partial charge in [0.2, 0.25) is 5.91 Å². The molecule has 0 aromatic heterocycles. The first kappa shape index (κ1) is 14.2. The predicted octanol–water partition coefficient (Wildman–Crippen LogP) is 2.33. The summed E-state index contributed by atoms with van der Waals surface area (Å²) in [5.74, 6) is -0.0592. The molecule has 2 rings (SSSR count). The van der Waals surface area contributed by atoms with Crippen molar-refractivity contribution in [1.82, 2.24) is 0 Å². The second kappa shape index (κ2) is 5.86. The fourth-order valence-electron chi connectivity index (χ4n) is 2.16. The molecule has 0 saturated carbocycles. The van der Waals surface area contributed by atoms with Crippen LogP contribution in [0.1, 0.15) is 43.5 Å². The lowest BCUT2D eigenvalue weighted by molar-refractivity contribution is -0.134. The normalized spacial score (nSPS) is 13.9. The Morgan fingerprint density at radius 1 is 1.25 bits per heavy atom. The van der Waals surface area contributed by atoms with Gasteiger partial charge in [-0.2, -0.15) is 0 Å². The van der Waals surface area contributed by atoms with Gasteiger partial charge in [-0.3, -0.25) is 14.4 Å². The van der Waals surface area contributed by atoms with E-state index in [0.717, 1.165) is 0 Å². The van der Waals surface area contributed by atoms with Crippen LogP contribution in [0.15, 0.2) is 18.2 Å². The molecule has 5 heteroatoms. The molecule has 106 valence electrons. The Labute approximate surface area is 117 Å². The maximum Gasteiger partial charge on any atom is 0.310 e. The second-order valence-corrected chi connectivity index (χ2v) is 4.58. The van der Waals surface area contributed by atoms with E-state index in [9.17, 15) is 14.4 Å². The Kier molecular flexibility index (Phi) is 4.17. The van der Waals surface area contributed by atoms with Gasteiger partial charge < -0.3 is 9.64 Å². The summed E-state index contributed by atoms with van der Waals surface area (Å²) >= 11 is 0. The molecule has 1 heterocycles. The fraction of sp³-hybridized carbons (Fsp3) is 0.400. The number of anilines is 1. The minimum atomic E-state index is -0.352. The van der Waals surface area contributed by atoms with Crippen molar-refractivity contribution in [2.24, 2.45) is 0 Å². The molecule has 0 radical (unpaired) electrons. The Bertz CT molecular complexity index is 565. The van der Waals surface area contributed by atoms with Crippen LogP contribution in [0.2, 0.25) is 0 Å². The zero-order valence-corrected chi connectivity index (χ0v) is 11.6. The first-order valence-corrected chi connectivity index (χ1v) is 6.75. The van der Waals surface area contributed by atoms with Crippen LogP contribution in [-0.2, 0) is 9.59 Å². The molecular weight excluding hydrogens is 258 g/mol. The number of fused-ring (bicyclic) bond motifs is 1. The van der Waals surface area contributed by atoms with Crippen molar-refractivity contribution in [3.05, 3.63) is 23.8 Å². The van der Waals surface area contributed by atoms with Crippen molar-refractivity contribution in [3.8, 4) is 5.75 Å². The number of nitrogens with zero attached hydrogens (tertiary/aromatic N) is 1. The van der Waals surface area contributed by atoms with Crippen LogP contribution in [-0.4, -0.2) is 24.2 Å². The van der Waals surface area contributed by atoms with Crippen molar-refractivity contribution in [2.75, 3.05) is 11.4 Å². The van der Waals surface area contributed by atoms with Gasteiger partial charge in [-0.15, -0.1) is 0 Å². The molecule has 1 aromatic rings. The molecule has 1 aliphatic rings. The minimum Gasteiger partial charge on any atom is -0.427 e. The molecule has 0 fully saturated rings. The molecule has 0 atom stereocenters. The van der Waals surface area contributed by atoms with E-state index in [2.05, 4.69) is 0 Å². The molecule has 0 saturated heterocycles. The number of rotatable bonds is 3. The third-order valence-electron chi connectivity index (χ3n) is 3.25. The summed E-state index contributed by atoms with van der Waals surface area (Å²) in [6.07, 6.45) is 0.954. The fourth-order valence-corrected chi connectivity index (χ4v) is 2.16. The summed E-state index contributed by atoms with van der Waals surface area (Å²) < 4.78 is 5.11. The number of carbonyl (C=O) groups is 3. The number of Topliss-reactive ketones (excluding diaryl/α,β-unsaturated/α-hetero) is 1. The molecule has 0 N–H and O–H groups in total. The predicted molar refractivity (Wildman–Crippen MR) is 74.0 cm³/mol. The van der Waals surface area contributed by atoms with E-state index in [-0.39, 0.29) is 24.1 Å². The number of amides is 1. The Balaban J connectivity index is 2.35. The zero-order valence-electron chi connectivity index (χ0n) is 11.6. The molecule has 0 aliphatic carbocycles. The average molecular weight is 275 g/mol. The van der Waals surface area contributed by atoms with Crippen molar-refractivity contribution < 1.29 is 19.1 Å². The molecule has 1 aromatic carbocycles. The van der Waals surface area contributed by atoms with Crippen LogP contribution >= 0.6 is 0 Å². The van der Waals surface area contributed by atoms with Crippen LogP contribution in [0, 0.1) is 0 Å². The topological polar surface area (TPSA) is 63.7 Å². The van der Waals surface area contributed by atoms with Gasteiger partial charge in [-0.25, -0.2) is 0 Å². The minimum absolute atomic E-state index is 0.0166. The molecule has 0 bridgehead atoms. The van der Waals surface area contributed by atoms with Gasteiger partial charge in [0.05, 0.1) is 5.69 Å². The lowest BCUT2D eigenvalue weighted by atomic mass is 9.99. The summed E-state index contributed by atoms with van der Waals surface area (Å²) in [6.45, 7) is 3.90. The third-order valence-corrected chi connectivity index (χ3v) is 3.25. The maximum absolute atomic E-state index is 12.0. The van der Waals surface area contributed by atoms with Crippen LogP contribution in [0.25, 0.3) is 0 Å². The number of esters is 1. The Hall–Kier alpha value is -2.17. The number of ketones is 1. The van der Waals surface area contributed by atoms with Crippen LogP contribution in [0.3, 0.4) is 0 Å². The zero-order chi connectivity index (χ0) is 14.7. The summed E-state index contributed by atoms with van der Waals surface area (Å²) in [4.78, 5) is 36.7. The summed E-state index contributed by atoms with van der Waals surface area (Å²) in [6, 6.07) is 4.82. The number of ether oxygens (including phenoxy) is 1. The van der Waals surface area contributed by atoms with Crippen molar-refractivity contribution in [1.29, 1.82) is 0 Å². The number of benzene rings is 1. The smallest absolute Gasteiger partial charge is 0.310 e. The van der Waals surface area contributed by atoms with Gasteiger partial charge in [0, 0.05) is 31.4 Å². The van der Waals surface area contributed by atoms with Gasteiger partial charge in [-0.05, 0) is 18.2 Å². The standard InChI is InChI=1S/C15H17NO4/c1-3-14(18)16-8-7-13(17)11-9-10(5-6-12(11)16)20-15(19)4-2/h5-6,9H,3-4,7-8H2,1-2H3. The number of hydrogen-bond donors (Lipinski definition) is 0. The first-order valence-electron chi connectivity index (χ1n) is 6.75.